The fourth-order valence-corrected chi connectivity index (χ4v) is 3.74. The van der Waals surface area contributed by atoms with Crippen LogP contribution in [0.25, 0.3) is 0 Å². The minimum atomic E-state index is -0.356. The summed E-state index contributed by atoms with van der Waals surface area (Å²) >= 11 is 0. The monoisotopic (exact) mass is 266 g/mol. The number of hydrogen-bond donors (Lipinski definition) is 1. The van der Waals surface area contributed by atoms with Crippen LogP contribution < -0.4 is 5.32 Å². The lowest BCUT2D eigenvalue weighted by molar-refractivity contribution is 0.207. The van der Waals surface area contributed by atoms with Crippen LogP contribution in [0.3, 0.4) is 0 Å². The maximum atomic E-state index is 13.7. The SMILES string of the molecule is CCC1C2CNCC2CN1Cc1cc(F)ccc1F. The van der Waals surface area contributed by atoms with Crippen molar-refractivity contribution < 1.29 is 8.78 Å². The van der Waals surface area contributed by atoms with E-state index < -0.39 is 0 Å². The number of fused-ring (bicyclic) bond motifs is 1. The van der Waals surface area contributed by atoms with E-state index in [0.717, 1.165) is 26.1 Å². The Labute approximate surface area is 112 Å². The molecule has 0 aliphatic carbocycles. The summed E-state index contributed by atoms with van der Waals surface area (Å²) in [5, 5.41) is 3.43. The van der Waals surface area contributed by atoms with Crippen molar-refractivity contribution in [3.05, 3.63) is 35.4 Å². The zero-order chi connectivity index (χ0) is 13.4. The van der Waals surface area contributed by atoms with Gasteiger partial charge in [0.2, 0.25) is 0 Å². The lowest BCUT2D eigenvalue weighted by Crippen LogP contribution is -2.34. The summed E-state index contributed by atoms with van der Waals surface area (Å²) in [4.78, 5) is 2.33. The van der Waals surface area contributed by atoms with Crippen LogP contribution in [0.4, 0.5) is 8.78 Å². The van der Waals surface area contributed by atoms with Crippen LogP contribution in [0.5, 0.6) is 0 Å². The van der Waals surface area contributed by atoms with Crippen molar-refractivity contribution in [2.75, 3.05) is 19.6 Å². The molecule has 4 heteroatoms. The van der Waals surface area contributed by atoms with Gasteiger partial charge >= 0.3 is 0 Å². The average Bonchev–Trinajstić information content (AvgIpc) is 2.94. The molecule has 1 aromatic carbocycles. The number of rotatable bonds is 3. The third-order valence-electron chi connectivity index (χ3n) is 4.62. The van der Waals surface area contributed by atoms with Crippen LogP contribution in [-0.2, 0) is 6.54 Å². The van der Waals surface area contributed by atoms with Gasteiger partial charge in [0, 0.05) is 24.7 Å². The molecule has 2 aliphatic heterocycles. The number of benzene rings is 1. The van der Waals surface area contributed by atoms with Crippen LogP contribution in [0, 0.1) is 23.5 Å². The Morgan fingerprint density at radius 2 is 2.16 bits per heavy atom. The maximum absolute atomic E-state index is 13.7. The average molecular weight is 266 g/mol. The Morgan fingerprint density at radius 1 is 1.32 bits per heavy atom. The first kappa shape index (κ1) is 13.0. The summed E-state index contributed by atoms with van der Waals surface area (Å²) < 4.78 is 27.0. The van der Waals surface area contributed by atoms with Gasteiger partial charge in [-0.2, -0.15) is 0 Å². The topological polar surface area (TPSA) is 15.3 Å². The molecule has 2 heterocycles. The predicted octanol–water partition coefficient (Wildman–Crippen LogP) is 2.39. The zero-order valence-electron chi connectivity index (χ0n) is 11.2. The van der Waals surface area contributed by atoms with Crippen LogP contribution in [0.1, 0.15) is 18.9 Å². The zero-order valence-corrected chi connectivity index (χ0v) is 11.2. The fourth-order valence-electron chi connectivity index (χ4n) is 3.74. The Bertz CT molecular complexity index is 463. The highest BCUT2D eigenvalue weighted by atomic mass is 19.1. The van der Waals surface area contributed by atoms with Crippen molar-refractivity contribution in [3.8, 4) is 0 Å². The van der Waals surface area contributed by atoms with E-state index in [1.54, 1.807) is 0 Å². The van der Waals surface area contributed by atoms with Crippen molar-refractivity contribution in [3.63, 3.8) is 0 Å². The summed E-state index contributed by atoms with van der Waals surface area (Å²) in [7, 11) is 0. The molecule has 3 unspecified atom stereocenters. The number of likely N-dealkylation sites (tertiary alicyclic amines) is 1. The van der Waals surface area contributed by atoms with Gasteiger partial charge in [-0.25, -0.2) is 8.78 Å². The molecule has 0 spiro atoms. The second-order valence-corrected chi connectivity index (χ2v) is 5.72. The van der Waals surface area contributed by atoms with Crippen molar-refractivity contribution in [1.29, 1.82) is 0 Å². The van der Waals surface area contributed by atoms with E-state index in [2.05, 4.69) is 17.1 Å². The minimum Gasteiger partial charge on any atom is -0.316 e. The summed E-state index contributed by atoms with van der Waals surface area (Å²) in [6.07, 6.45) is 1.07. The summed E-state index contributed by atoms with van der Waals surface area (Å²) in [5.41, 5.74) is 0.478. The molecule has 0 saturated carbocycles. The third kappa shape index (κ3) is 2.39. The second kappa shape index (κ2) is 5.17. The lowest BCUT2D eigenvalue weighted by atomic mass is 9.93. The van der Waals surface area contributed by atoms with Crippen LogP contribution in [0.15, 0.2) is 18.2 Å². The summed E-state index contributed by atoms with van der Waals surface area (Å²) in [6, 6.07) is 4.22. The molecule has 1 N–H and O–H groups in total. The highest BCUT2D eigenvalue weighted by molar-refractivity contribution is 5.19. The molecule has 0 bridgehead atoms. The Morgan fingerprint density at radius 3 is 2.95 bits per heavy atom. The lowest BCUT2D eigenvalue weighted by Gasteiger charge is -2.27. The van der Waals surface area contributed by atoms with E-state index >= 15 is 0 Å². The third-order valence-corrected chi connectivity index (χ3v) is 4.62. The first-order valence-corrected chi connectivity index (χ1v) is 7.07. The van der Waals surface area contributed by atoms with Gasteiger partial charge in [0.25, 0.3) is 0 Å². The second-order valence-electron chi connectivity index (χ2n) is 5.72. The van der Waals surface area contributed by atoms with E-state index in [4.69, 9.17) is 0 Å². The van der Waals surface area contributed by atoms with Crippen molar-refractivity contribution >= 4 is 0 Å². The van der Waals surface area contributed by atoms with Gasteiger partial charge in [-0.1, -0.05) is 6.92 Å². The van der Waals surface area contributed by atoms with Crippen LogP contribution >= 0.6 is 0 Å². The van der Waals surface area contributed by atoms with E-state index in [9.17, 15) is 8.78 Å². The van der Waals surface area contributed by atoms with E-state index in [1.807, 2.05) is 0 Å². The van der Waals surface area contributed by atoms with Crippen molar-refractivity contribution in [2.24, 2.45) is 11.8 Å². The van der Waals surface area contributed by atoms with Gasteiger partial charge in [0.15, 0.2) is 0 Å². The highest BCUT2D eigenvalue weighted by Crippen LogP contribution is 2.35. The smallest absolute Gasteiger partial charge is 0.127 e. The molecule has 2 aliphatic rings. The molecule has 2 fully saturated rings. The highest BCUT2D eigenvalue weighted by Gasteiger charge is 2.42. The first-order valence-electron chi connectivity index (χ1n) is 7.07. The fraction of sp³-hybridized carbons (Fsp3) is 0.600. The molecule has 0 aromatic heterocycles. The van der Waals surface area contributed by atoms with E-state index in [0.29, 0.717) is 30.0 Å². The Balaban J connectivity index is 1.77. The molecular weight excluding hydrogens is 246 g/mol. The number of nitrogens with zero attached hydrogens (tertiary/aromatic N) is 1. The first-order chi connectivity index (χ1) is 9.19. The van der Waals surface area contributed by atoms with Crippen molar-refractivity contribution in [1.82, 2.24) is 10.2 Å². The van der Waals surface area contributed by atoms with E-state index in [-0.39, 0.29) is 11.6 Å². The van der Waals surface area contributed by atoms with Gasteiger partial charge in [-0.3, -0.25) is 4.90 Å². The van der Waals surface area contributed by atoms with Gasteiger partial charge in [0.1, 0.15) is 11.6 Å². The van der Waals surface area contributed by atoms with Gasteiger partial charge in [0.05, 0.1) is 0 Å². The number of halogens is 2. The molecule has 19 heavy (non-hydrogen) atoms. The van der Waals surface area contributed by atoms with E-state index in [1.165, 1.54) is 18.2 Å². The van der Waals surface area contributed by atoms with Crippen LogP contribution in [0.2, 0.25) is 0 Å². The van der Waals surface area contributed by atoms with Gasteiger partial charge < -0.3 is 5.32 Å². The summed E-state index contributed by atoms with van der Waals surface area (Å²) in [5.74, 6) is 0.681. The number of hydrogen-bond acceptors (Lipinski definition) is 2. The molecule has 0 amide bonds. The standard InChI is InChI=1S/C15H20F2N2/c1-2-15-13-7-18-6-11(13)9-19(15)8-10-5-12(16)3-4-14(10)17/h3-5,11,13,15,18H,2,6-9H2,1H3. The Kier molecular flexibility index (Phi) is 3.54. The largest absolute Gasteiger partial charge is 0.316 e. The predicted molar refractivity (Wildman–Crippen MR) is 70.7 cm³/mol. The molecule has 3 atom stereocenters. The van der Waals surface area contributed by atoms with Crippen molar-refractivity contribution in [2.45, 2.75) is 25.9 Å². The van der Waals surface area contributed by atoms with Gasteiger partial charge in [-0.05, 0) is 49.5 Å². The molecular formula is C15H20F2N2. The summed E-state index contributed by atoms with van der Waals surface area (Å²) in [6.45, 7) is 5.82. The molecule has 2 saturated heterocycles. The molecule has 1 aromatic rings. The molecule has 3 rings (SSSR count). The van der Waals surface area contributed by atoms with Crippen LogP contribution in [-0.4, -0.2) is 30.6 Å². The molecule has 0 radical (unpaired) electrons. The number of nitrogens with one attached hydrogen (secondary N) is 1. The normalized spacial score (nSPS) is 30.8. The molecule has 2 nitrogen and oxygen atoms in total. The Hall–Kier alpha value is -1.00. The minimum absolute atomic E-state index is 0.300. The molecule has 104 valence electrons. The van der Waals surface area contributed by atoms with Gasteiger partial charge in [-0.15, -0.1) is 0 Å². The quantitative estimate of drug-likeness (QED) is 0.903. The maximum Gasteiger partial charge on any atom is 0.127 e.